The van der Waals surface area contributed by atoms with E-state index in [1.54, 1.807) is 19.2 Å². The zero-order valence-corrected chi connectivity index (χ0v) is 11.1. The summed E-state index contributed by atoms with van der Waals surface area (Å²) >= 11 is 6.85. The first-order valence-electron chi connectivity index (χ1n) is 4.29. The first-order valence-corrected chi connectivity index (χ1v) is 5.87. The Balaban J connectivity index is 2.99. The van der Waals surface area contributed by atoms with Gasteiger partial charge in [-0.05, 0) is 24.3 Å². The summed E-state index contributed by atoms with van der Waals surface area (Å²) in [6.45, 7) is 0. The van der Waals surface area contributed by atoms with Gasteiger partial charge in [0, 0.05) is 19.7 Å². The first kappa shape index (κ1) is 10.8. The van der Waals surface area contributed by atoms with Gasteiger partial charge in [-0.15, -0.1) is 0 Å². The van der Waals surface area contributed by atoms with Crippen LogP contribution in [-0.2, 0) is 0 Å². The normalized spacial score (nSPS) is 10.6. The number of halogens is 2. The summed E-state index contributed by atoms with van der Waals surface area (Å²) in [7, 11) is 1.61. The molecule has 0 saturated heterocycles. The molecule has 15 heavy (non-hydrogen) atoms. The van der Waals surface area contributed by atoms with E-state index in [-0.39, 0.29) is 5.75 Å². The quantitative estimate of drug-likeness (QED) is 0.853. The minimum Gasteiger partial charge on any atom is -0.507 e. The van der Waals surface area contributed by atoms with Crippen molar-refractivity contribution < 1.29 is 9.84 Å². The fraction of sp³-hybridized carbons (Fsp3) is 0.0909. The Morgan fingerprint density at radius 2 is 1.60 bits per heavy atom. The summed E-state index contributed by atoms with van der Waals surface area (Å²) in [6.07, 6.45) is 0. The van der Waals surface area contributed by atoms with Gasteiger partial charge >= 0.3 is 0 Å². The average molecular weight is 332 g/mol. The third kappa shape index (κ3) is 1.72. The second-order valence-electron chi connectivity index (χ2n) is 3.07. The van der Waals surface area contributed by atoms with E-state index in [2.05, 4.69) is 31.9 Å². The highest BCUT2D eigenvalue weighted by Crippen LogP contribution is 2.41. The molecule has 2 rings (SSSR count). The van der Waals surface area contributed by atoms with Crippen LogP contribution in [0.5, 0.6) is 11.5 Å². The summed E-state index contributed by atoms with van der Waals surface area (Å²) in [5, 5.41) is 11.4. The van der Waals surface area contributed by atoms with Crippen molar-refractivity contribution in [3.8, 4) is 11.5 Å². The Labute approximate surface area is 104 Å². The minimum absolute atomic E-state index is 0.235. The molecule has 0 heterocycles. The van der Waals surface area contributed by atoms with Gasteiger partial charge in [0.25, 0.3) is 0 Å². The zero-order valence-electron chi connectivity index (χ0n) is 7.92. The maximum Gasteiger partial charge on any atom is 0.128 e. The molecule has 0 amide bonds. The molecule has 1 N–H and O–H groups in total. The van der Waals surface area contributed by atoms with E-state index >= 15 is 0 Å². The van der Waals surface area contributed by atoms with Gasteiger partial charge in [-0.25, -0.2) is 0 Å². The van der Waals surface area contributed by atoms with Crippen LogP contribution in [0.3, 0.4) is 0 Å². The minimum atomic E-state index is 0.235. The van der Waals surface area contributed by atoms with Crippen LogP contribution in [-0.4, -0.2) is 12.2 Å². The predicted octanol–water partition coefficient (Wildman–Crippen LogP) is 4.08. The number of methoxy groups -OCH3 is 1. The molecule has 0 aliphatic rings. The first-order chi connectivity index (χ1) is 7.15. The van der Waals surface area contributed by atoms with Crippen molar-refractivity contribution in [3.63, 3.8) is 0 Å². The molecule has 0 bridgehead atoms. The monoisotopic (exact) mass is 330 g/mol. The van der Waals surface area contributed by atoms with Gasteiger partial charge in [-0.1, -0.05) is 31.9 Å². The molecule has 0 aliphatic carbocycles. The molecule has 78 valence electrons. The smallest absolute Gasteiger partial charge is 0.128 e. The number of hydrogen-bond donors (Lipinski definition) is 1. The standard InChI is InChI=1S/C11H8Br2O2/c1-15-9-5-3-6(12)10-8(14)4-2-7(13)11(9)10/h2-5,14H,1H3. The van der Waals surface area contributed by atoms with Crippen molar-refractivity contribution >= 4 is 42.6 Å². The lowest BCUT2D eigenvalue weighted by atomic mass is 10.1. The van der Waals surface area contributed by atoms with Crippen LogP contribution < -0.4 is 4.74 Å². The molecule has 2 aromatic rings. The summed E-state index contributed by atoms with van der Waals surface area (Å²) in [5.41, 5.74) is 0. The van der Waals surface area contributed by atoms with Crippen molar-refractivity contribution in [2.45, 2.75) is 0 Å². The van der Waals surface area contributed by atoms with Gasteiger partial charge < -0.3 is 9.84 Å². The molecule has 0 saturated carbocycles. The van der Waals surface area contributed by atoms with E-state index in [1.165, 1.54) is 0 Å². The summed E-state index contributed by atoms with van der Waals surface area (Å²) in [4.78, 5) is 0. The van der Waals surface area contributed by atoms with E-state index in [0.717, 1.165) is 25.5 Å². The van der Waals surface area contributed by atoms with Gasteiger partial charge in [-0.2, -0.15) is 0 Å². The SMILES string of the molecule is COc1ccc(Br)c2c(O)ccc(Br)c12. The van der Waals surface area contributed by atoms with Crippen molar-refractivity contribution in [3.05, 3.63) is 33.2 Å². The summed E-state index contributed by atoms with van der Waals surface area (Å²) < 4.78 is 7.00. The van der Waals surface area contributed by atoms with Crippen molar-refractivity contribution in [1.29, 1.82) is 0 Å². The maximum atomic E-state index is 9.79. The van der Waals surface area contributed by atoms with Crippen molar-refractivity contribution in [2.24, 2.45) is 0 Å². The summed E-state index contributed by atoms with van der Waals surface area (Å²) in [6, 6.07) is 7.16. The van der Waals surface area contributed by atoms with E-state index < -0.39 is 0 Å². The van der Waals surface area contributed by atoms with Crippen LogP contribution in [0.1, 0.15) is 0 Å². The number of benzene rings is 2. The van der Waals surface area contributed by atoms with Gasteiger partial charge in [0.1, 0.15) is 11.5 Å². The van der Waals surface area contributed by atoms with E-state index in [1.807, 2.05) is 12.1 Å². The lowest BCUT2D eigenvalue weighted by Gasteiger charge is -2.10. The van der Waals surface area contributed by atoms with Gasteiger partial charge in [-0.3, -0.25) is 0 Å². The second kappa shape index (κ2) is 4.02. The number of rotatable bonds is 1. The van der Waals surface area contributed by atoms with Gasteiger partial charge in [0.05, 0.1) is 7.11 Å². The van der Waals surface area contributed by atoms with E-state index in [4.69, 9.17) is 4.74 Å². The molecule has 4 heteroatoms. The third-order valence-corrected chi connectivity index (χ3v) is 3.54. The molecule has 0 unspecified atom stereocenters. The Morgan fingerprint density at radius 1 is 1.00 bits per heavy atom. The molecule has 0 radical (unpaired) electrons. The fourth-order valence-corrected chi connectivity index (χ4v) is 2.59. The largest absolute Gasteiger partial charge is 0.507 e. The van der Waals surface area contributed by atoms with E-state index in [9.17, 15) is 5.11 Å². The lowest BCUT2D eigenvalue weighted by molar-refractivity contribution is 0.419. The topological polar surface area (TPSA) is 29.5 Å². The Bertz CT molecular complexity index is 515. The molecular formula is C11H8Br2O2. The highest BCUT2D eigenvalue weighted by atomic mass is 79.9. The molecular weight excluding hydrogens is 324 g/mol. The molecule has 2 aromatic carbocycles. The second-order valence-corrected chi connectivity index (χ2v) is 4.77. The number of hydrogen-bond acceptors (Lipinski definition) is 2. The van der Waals surface area contributed by atoms with Crippen molar-refractivity contribution in [1.82, 2.24) is 0 Å². The average Bonchev–Trinajstić information content (AvgIpc) is 2.23. The number of phenolic OH excluding ortho intramolecular Hbond substituents is 1. The molecule has 0 aromatic heterocycles. The van der Waals surface area contributed by atoms with Crippen molar-refractivity contribution in [2.75, 3.05) is 7.11 Å². The van der Waals surface area contributed by atoms with Crippen LogP contribution in [0.4, 0.5) is 0 Å². The van der Waals surface area contributed by atoms with Crippen LogP contribution in [0.2, 0.25) is 0 Å². The van der Waals surface area contributed by atoms with Crippen LogP contribution in [0.15, 0.2) is 33.2 Å². The third-order valence-electron chi connectivity index (χ3n) is 2.22. The lowest BCUT2D eigenvalue weighted by Crippen LogP contribution is -1.87. The zero-order chi connectivity index (χ0) is 11.0. The fourth-order valence-electron chi connectivity index (χ4n) is 1.53. The van der Waals surface area contributed by atoms with E-state index in [0.29, 0.717) is 0 Å². The molecule has 0 atom stereocenters. The number of aromatic hydroxyl groups is 1. The summed E-state index contributed by atoms with van der Waals surface area (Å²) in [5.74, 6) is 0.968. The Morgan fingerprint density at radius 3 is 2.27 bits per heavy atom. The van der Waals surface area contributed by atoms with Gasteiger partial charge in [0.2, 0.25) is 0 Å². The Kier molecular flexibility index (Phi) is 2.89. The van der Waals surface area contributed by atoms with Crippen LogP contribution in [0.25, 0.3) is 10.8 Å². The predicted molar refractivity (Wildman–Crippen MR) is 67.6 cm³/mol. The molecule has 0 fully saturated rings. The van der Waals surface area contributed by atoms with Crippen LogP contribution in [0, 0.1) is 0 Å². The molecule has 2 nitrogen and oxygen atoms in total. The number of phenols is 1. The highest BCUT2D eigenvalue weighted by molar-refractivity contribution is 9.11. The maximum absolute atomic E-state index is 9.79. The molecule has 0 aliphatic heterocycles. The number of ether oxygens (including phenoxy) is 1. The Hall–Kier alpha value is -0.740. The van der Waals surface area contributed by atoms with Crippen LogP contribution >= 0.6 is 31.9 Å². The highest BCUT2D eigenvalue weighted by Gasteiger charge is 2.11. The molecule has 0 spiro atoms. The van der Waals surface area contributed by atoms with Gasteiger partial charge in [0.15, 0.2) is 0 Å². The number of fused-ring (bicyclic) bond motifs is 1.